The molecule has 3 heterocycles. The molecular formula is C19H21ClN4O6. The van der Waals surface area contributed by atoms with E-state index >= 15 is 0 Å². The number of nitrogens with zero attached hydrogens (tertiary/aromatic N) is 1. The Labute approximate surface area is 178 Å². The molecule has 0 spiro atoms. The fraction of sp³-hybridized carbons (Fsp3) is 0.421. The molecule has 4 rings (SSSR count). The predicted molar refractivity (Wildman–Crippen MR) is 105 cm³/mol. The average molecular weight is 437 g/mol. The highest BCUT2D eigenvalue weighted by Crippen LogP contribution is 2.33. The van der Waals surface area contributed by atoms with E-state index in [0.717, 1.165) is 17.9 Å². The van der Waals surface area contributed by atoms with Gasteiger partial charge in [0.05, 0.1) is 11.1 Å². The summed E-state index contributed by atoms with van der Waals surface area (Å²) in [4.78, 5) is 62.1. The lowest BCUT2D eigenvalue weighted by Crippen LogP contribution is -2.54. The third-order valence-electron chi connectivity index (χ3n) is 5.21. The van der Waals surface area contributed by atoms with Crippen LogP contribution in [-0.2, 0) is 14.4 Å². The number of carbonyl (C=O) groups excluding carboxylic acids is 5. The number of hydrogen-bond donors (Lipinski definition) is 3. The monoisotopic (exact) mass is 436 g/mol. The standard InChI is InChI=1S/C19H20N4O6.ClH/c24-14-5-4-12(17(26)22-14)23-18(27)11-2-1-3-13(16(11)19(23)28)29-9-15(25)21-10-6-7-20-8-10;/h1-3,10,12,20H,4-9H2,(H,21,25)(H,22,24,26);1H. The first-order valence-electron chi connectivity index (χ1n) is 9.43. The van der Waals surface area contributed by atoms with Crippen LogP contribution in [0.1, 0.15) is 40.0 Å². The van der Waals surface area contributed by atoms with E-state index in [9.17, 15) is 24.0 Å². The molecule has 0 aromatic heterocycles. The van der Waals surface area contributed by atoms with Crippen LogP contribution in [0.4, 0.5) is 0 Å². The molecule has 1 aromatic carbocycles. The second-order valence-electron chi connectivity index (χ2n) is 7.17. The van der Waals surface area contributed by atoms with Gasteiger partial charge in [0.25, 0.3) is 17.7 Å². The molecule has 2 atom stereocenters. The normalized spacial score (nSPS) is 23.0. The molecule has 0 aliphatic carbocycles. The Morgan fingerprint density at radius 1 is 1.17 bits per heavy atom. The number of benzene rings is 1. The van der Waals surface area contributed by atoms with Crippen molar-refractivity contribution in [3.63, 3.8) is 0 Å². The summed E-state index contributed by atoms with van der Waals surface area (Å²) in [6.07, 6.45) is 0.952. The molecule has 3 aliphatic rings. The lowest BCUT2D eigenvalue weighted by Gasteiger charge is -2.27. The fourth-order valence-corrected chi connectivity index (χ4v) is 3.79. The Bertz CT molecular complexity index is 914. The Hall–Kier alpha value is -2.98. The van der Waals surface area contributed by atoms with Gasteiger partial charge in [-0.05, 0) is 31.5 Å². The van der Waals surface area contributed by atoms with Gasteiger partial charge in [-0.1, -0.05) is 6.07 Å². The van der Waals surface area contributed by atoms with Gasteiger partial charge in [0.2, 0.25) is 11.8 Å². The molecule has 3 N–H and O–H groups in total. The van der Waals surface area contributed by atoms with Crippen LogP contribution in [0.3, 0.4) is 0 Å². The van der Waals surface area contributed by atoms with E-state index in [4.69, 9.17) is 4.74 Å². The Morgan fingerprint density at radius 2 is 1.97 bits per heavy atom. The van der Waals surface area contributed by atoms with Crippen molar-refractivity contribution in [1.29, 1.82) is 0 Å². The number of rotatable bonds is 5. The Kier molecular flexibility index (Phi) is 6.37. The second-order valence-corrected chi connectivity index (χ2v) is 7.17. The highest BCUT2D eigenvalue weighted by Gasteiger charge is 2.46. The maximum Gasteiger partial charge on any atom is 0.266 e. The molecule has 2 unspecified atom stereocenters. The van der Waals surface area contributed by atoms with Gasteiger partial charge in [-0.25, -0.2) is 0 Å². The van der Waals surface area contributed by atoms with E-state index in [-0.39, 0.29) is 60.7 Å². The Balaban J connectivity index is 0.00000256. The molecule has 30 heavy (non-hydrogen) atoms. The van der Waals surface area contributed by atoms with Crippen molar-refractivity contribution in [2.24, 2.45) is 0 Å². The molecule has 11 heteroatoms. The molecule has 160 valence electrons. The summed E-state index contributed by atoms with van der Waals surface area (Å²) in [6.45, 7) is 1.23. The molecule has 0 bridgehead atoms. The zero-order valence-electron chi connectivity index (χ0n) is 15.9. The first-order valence-corrected chi connectivity index (χ1v) is 9.43. The predicted octanol–water partition coefficient (Wildman–Crippen LogP) is -0.633. The van der Waals surface area contributed by atoms with E-state index in [1.807, 2.05) is 0 Å². The van der Waals surface area contributed by atoms with Crippen LogP contribution in [0.25, 0.3) is 0 Å². The minimum atomic E-state index is -1.05. The van der Waals surface area contributed by atoms with Gasteiger partial charge in [0, 0.05) is 19.0 Å². The highest BCUT2D eigenvalue weighted by atomic mass is 35.5. The summed E-state index contributed by atoms with van der Waals surface area (Å²) in [6, 6.07) is 3.51. The van der Waals surface area contributed by atoms with E-state index in [0.29, 0.717) is 6.54 Å². The molecule has 0 saturated carbocycles. The van der Waals surface area contributed by atoms with Gasteiger partial charge in [0.1, 0.15) is 11.8 Å². The highest BCUT2D eigenvalue weighted by molar-refractivity contribution is 6.24. The van der Waals surface area contributed by atoms with Gasteiger partial charge >= 0.3 is 0 Å². The maximum absolute atomic E-state index is 12.9. The number of carbonyl (C=O) groups is 5. The van der Waals surface area contributed by atoms with Gasteiger partial charge in [-0.3, -0.25) is 34.2 Å². The van der Waals surface area contributed by atoms with Gasteiger partial charge in [0.15, 0.2) is 6.61 Å². The summed E-state index contributed by atoms with van der Waals surface area (Å²) < 4.78 is 5.53. The molecule has 10 nitrogen and oxygen atoms in total. The van der Waals surface area contributed by atoms with E-state index in [2.05, 4.69) is 16.0 Å². The third kappa shape index (κ3) is 4.01. The summed E-state index contributed by atoms with van der Waals surface area (Å²) in [5, 5.41) is 8.13. The number of halogens is 1. The van der Waals surface area contributed by atoms with Crippen LogP contribution in [0.2, 0.25) is 0 Å². The van der Waals surface area contributed by atoms with Crippen molar-refractivity contribution in [2.75, 3.05) is 19.7 Å². The first-order chi connectivity index (χ1) is 14.0. The molecule has 1 aromatic rings. The van der Waals surface area contributed by atoms with Crippen molar-refractivity contribution in [3.8, 4) is 5.75 Å². The lowest BCUT2D eigenvalue weighted by molar-refractivity contribution is -0.136. The molecule has 2 fully saturated rings. The summed E-state index contributed by atoms with van der Waals surface area (Å²) >= 11 is 0. The third-order valence-corrected chi connectivity index (χ3v) is 5.21. The maximum atomic E-state index is 12.9. The largest absolute Gasteiger partial charge is 0.483 e. The molecule has 3 aliphatic heterocycles. The smallest absolute Gasteiger partial charge is 0.266 e. The minimum Gasteiger partial charge on any atom is -0.483 e. The molecule has 2 saturated heterocycles. The van der Waals surface area contributed by atoms with E-state index in [1.165, 1.54) is 12.1 Å². The van der Waals surface area contributed by atoms with Crippen LogP contribution in [0.15, 0.2) is 18.2 Å². The van der Waals surface area contributed by atoms with Crippen LogP contribution in [0.5, 0.6) is 5.75 Å². The molecule has 0 radical (unpaired) electrons. The Morgan fingerprint density at radius 3 is 2.67 bits per heavy atom. The second kappa shape index (κ2) is 8.80. The number of nitrogens with one attached hydrogen (secondary N) is 3. The van der Waals surface area contributed by atoms with Gasteiger partial charge in [-0.2, -0.15) is 0 Å². The lowest BCUT2D eigenvalue weighted by atomic mass is 10.0. The average Bonchev–Trinajstić information content (AvgIpc) is 3.28. The van der Waals surface area contributed by atoms with Gasteiger partial charge < -0.3 is 15.4 Å². The van der Waals surface area contributed by atoms with Crippen molar-refractivity contribution in [2.45, 2.75) is 31.3 Å². The van der Waals surface area contributed by atoms with Gasteiger partial charge in [-0.15, -0.1) is 12.4 Å². The van der Waals surface area contributed by atoms with E-state index < -0.39 is 29.7 Å². The zero-order valence-corrected chi connectivity index (χ0v) is 16.8. The summed E-state index contributed by atoms with van der Waals surface area (Å²) in [7, 11) is 0. The van der Waals surface area contributed by atoms with Crippen molar-refractivity contribution in [3.05, 3.63) is 29.3 Å². The number of amides is 5. The SMILES string of the molecule is Cl.O=C1CCC(N2C(=O)c3cccc(OCC(=O)NC4CCNC4)c3C2=O)C(=O)N1. The number of piperidine rings is 1. The van der Waals surface area contributed by atoms with Crippen LogP contribution in [-0.4, -0.2) is 66.2 Å². The number of ether oxygens (including phenoxy) is 1. The fourth-order valence-electron chi connectivity index (χ4n) is 3.79. The summed E-state index contributed by atoms with van der Waals surface area (Å²) in [5.74, 6) is -2.62. The number of imide groups is 2. The molecular weight excluding hydrogens is 416 g/mol. The van der Waals surface area contributed by atoms with Crippen LogP contribution >= 0.6 is 12.4 Å². The summed E-state index contributed by atoms with van der Waals surface area (Å²) in [5.41, 5.74) is 0.134. The molecule has 5 amide bonds. The van der Waals surface area contributed by atoms with Crippen LogP contribution < -0.4 is 20.7 Å². The zero-order chi connectivity index (χ0) is 20.5. The minimum absolute atomic E-state index is 0. The quantitative estimate of drug-likeness (QED) is 0.523. The van der Waals surface area contributed by atoms with Crippen molar-refractivity contribution >= 4 is 41.9 Å². The van der Waals surface area contributed by atoms with Crippen molar-refractivity contribution in [1.82, 2.24) is 20.9 Å². The first kappa shape index (κ1) is 21.7. The van der Waals surface area contributed by atoms with Crippen LogP contribution in [0, 0.1) is 0 Å². The van der Waals surface area contributed by atoms with E-state index in [1.54, 1.807) is 6.07 Å². The number of hydrogen-bond acceptors (Lipinski definition) is 7. The topological polar surface area (TPSA) is 134 Å². The number of fused-ring (bicyclic) bond motifs is 1. The van der Waals surface area contributed by atoms with Crippen molar-refractivity contribution < 1.29 is 28.7 Å².